The highest BCUT2D eigenvalue weighted by Crippen LogP contribution is 2.31. The van der Waals surface area contributed by atoms with Crippen LogP contribution in [0.3, 0.4) is 0 Å². The van der Waals surface area contributed by atoms with Crippen molar-refractivity contribution in [3.63, 3.8) is 0 Å². The van der Waals surface area contributed by atoms with Crippen molar-refractivity contribution in [3.8, 4) is 17.5 Å². The minimum Gasteiger partial charge on any atom is -0.495 e. The van der Waals surface area contributed by atoms with Crippen LogP contribution in [-0.2, 0) is 0 Å². The number of piperidine rings is 2. The fourth-order valence-electron chi connectivity index (χ4n) is 8.21. The summed E-state index contributed by atoms with van der Waals surface area (Å²) in [4.78, 5) is 31.1. The van der Waals surface area contributed by atoms with E-state index in [0.29, 0.717) is 63.4 Å². The van der Waals surface area contributed by atoms with E-state index in [9.17, 15) is 0 Å². The molecule has 19 heteroatoms. The average Bonchev–Trinajstić information content (AvgIpc) is 3.71. The van der Waals surface area contributed by atoms with Crippen molar-refractivity contribution < 1.29 is 19.3 Å². The third kappa shape index (κ3) is 17.2. The number of nitrogens with one attached hydrogen (secondary N) is 4. The molecular formula is C46H67Cl3N12O4. The van der Waals surface area contributed by atoms with Gasteiger partial charge in [-0.1, -0.05) is 74.6 Å². The Morgan fingerprint density at radius 3 is 1.40 bits per heavy atom. The fraction of sp³-hybridized carbons (Fsp3) is 0.609. The van der Waals surface area contributed by atoms with Gasteiger partial charge in [-0.15, -0.1) is 0 Å². The van der Waals surface area contributed by atoms with E-state index in [1.807, 2.05) is 18.2 Å². The SMILES string of the molecule is CN1CCC(O)CC1.COc1ccc(Nc2nc(Cl)nc(NC3CCCCCC3)n2)cc1Cl.COc1ccc(Nc2nc(NC3CCCCCC3)nc(OC3CCN(C)CC3)n2)cc1Cl. The van der Waals surface area contributed by atoms with Crippen molar-refractivity contribution in [1.29, 1.82) is 0 Å². The number of aliphatic hydroxyl groups excluding tert-OH is 1. The van der Waals surface area contributed by atoms with Crippen LogP contribution in [0.25, 0.3) is 0 Å². The van der Waals surface area contributed by atoms with Crippen molar-refractivity contribution in [1.82, 2.24) is 39.7 Å². The highest BCUT2D eigenvalue weighted by Gasteiger charge is 2.22. The van der Waals surface area contributed by atoms with Crippen LogP contribution < -0.4 is 35.5 Å². The highest BCUT2D eigenvalue weighted by atomic mass is 35.5. The molecule has 8 rings (SSSR count). The van der Waals surface area contributed by atoms with Crippen molar-refractivity contribution in [2.45, 2.75) is 127 Å². The smallest absolute Gasteiger partial charge is 0.323 e. The van der Waals surface area contributed by atoms with Crippen LogP contribution in [0.4, 0.5) is 35.2 Å². The third-order valence-corrected chi connectivity index (χ3v) is 12.8. The summed E-state index contributed by atoms with van der Waals surface area (Å²) < 4.78 is 16.6. The number of benzene rings is 2. The molecule has 2 saturated heterocycles. The van der Waals surface area contributed by atoms with Crippen LogP contribution in [0.5, 0.6) is 17.5 Å². The quantitative estimate of drug-likeness (QED) is 0.0846. The largest absolute Gasteiger partial charge is 0.495 e. The Labute approximate surface area is 399 Å². The van der Waals surface area contributed by atoms with Crippen molar-refractivity contribution >= 4 is 70.0 Å². The number of rotatable bonds is 12. The molecule has 2 aromatic carbocycles. The minimum atomic E-state index is -0.0220. The number of halogens is 3. The molecule has 4 fully saturated rings. The van der Waals surface area contributed by atoms with Crippen LogP contribution in [0.15, 0.2) is 36.4 Å². The van der Waals surface area contributed by atoms with Gasteiger partial charge in [-0.05, 0) is 113 Å². The number of nitrogens with zero attached hydrogens (tertiary/aromatic N) is 8. The van der Waals surface area contributed by atoms with Gasteiger partial charge in [0, 0.05) is 49.6 Å². The molecule has 4 heterocycles. The van der Waals surface area contributed by atoms with Crippen molar-refractivity contribution in [3.05, 3.63) is 51.7 Å². The predicted octanol–water partition coefficient (Wildman–Crippen LogP) is 10.0. The molecule has 0 amide bonds. The average molecular weight is 958 g/mol. The Morgan fingerprint density at radius 2 is 0.954 bits per heavy atom. The molecule has 0 bridgehead atoms. The first-order valence-corrected chi connectivity index (χ1v) is 24.3. The molecule has 0 atom stereocenters. The molecular weight excluding hydrogens is 891 g/mol. The Bertz CT molecular complexity index is 2030. The Balaban J connectivity index is 0.000000188. The molecule has 2 aromatic heterocycles. The lowest BCUT2D eigenvalue weighted by Gasteiger charge is -2.28. The second kappa shape index (κ2) is 26.2. The number of anilines is 6. The Hall–Kier alpha value is -4.19. The summed E-state index contributed by atoms with van der Waals surface area (Å²) in [5.74, 6) is 3.08. The van der Waals surface area contributed by atoms with E-state index in [1.165, 1.54) is 51.4 Å². The van der Waals surface area contributed by atoms with Gasteiger partial charge >= 0.3 is 6.01 Å². The summed E-state index contributed by atoms with van der Waals surface area (Å²) in [7, 11) is 7.39. The zero-order valence-corrected chi connectivity index (χ0v) is 40.6. The second-order valence-electron chi connectivity index (χ2n) is 17.3. The van der Waals surface area contributed by atoms with Gasteiger partial charge in [0.05, 0.1) is 30.4 Å². The molecule has 0 spiro atoms. The highest BCUT2D eigenvalue weighted by molar-refractivity contribution is 6.32. The van der Waals surface area contributed by atoms with E-state index in [1.54, 1.807) is 32.4 Å². The van der Waals surface area contributed by atoms with Gasteiger partial charge in [-0.3, -0.25) is 0 Å². The van der Waals surface area contributed by atoms with E-state index in [2.05, 4.69) is 75.1 Å². The van der Waals surface area contributed by atoms with Gasteiger partial charge < -0.3 is 50.4 Å². The van der Waals surface area contributed by atoms with E-state index in [4.69, 9.17) is 54.1 Å². The molecule has 16 nitrogen and oxygen atoms in total. The lowest BCUT2D eigenvalue weighted by atomic mass is 10.1. The number of likely N-dealkylation sites (tertiary alicyclic amines) is 2. The van der Waals surface area contributed by atoms with Gasteiger partial charge in [0.15, 0.2) is 0 Å². The van der Waals surface area contributed by atoms with Gasteiger partial charge in [-0.2, -0.15) is 29.9 Å². The number of hydrogen-bond donors (Lipinski definition) is 5. The lowest BCUT2D eigenvalue weighted by molar-refractivity contribution is 0.0942. The fourth-order valence-corrected chi connectivity index (χ4v) is 8.88. The van der Waals surface area contributed by atoms with Crippen LogP contribution in [0.2, 0.25) is 15.3 Å². The standard InChI is InChI=1S/C23H33ClN6O2.C17H21Cl2N5O.C6H13NO/c1-30-13-11-18(12-14-30)32-23-28-21(25-16-7-5-3-4-6-8-16)27-22(29-23)26-17-9-10-20(31-2)19(24)15-17;1-25-14-9-8-12(10-13(14)18)21-17-23-15(19)22-16(24-17)20-11-6-4-2-3-5-7-11;1-7-4-2-6(8)3-5-7/h9-10,15-16,18H,3-8,11-14H2,1-2H3,(H2,25,26,27,28,29);8-11H,2-7H2,1H3,(H2,20,21,22,23,24);6,8H,2-5H2,1H3. The summed E-state index contributed by atoms with van der Waals surface area (Å²) in [6.45, 7) is 4.14. The molecule has 2 saturated carbocycles. The molecule has 356 valence electrons. The summed E-state index contributed by atoms with van der Waals surface area (Å²) in [5, 5.41) is 23.4. The van der Waals surface area contributed by atoms with Gasteiger partial charge in [0.2, 0.25) is 29.1 Å². The summed E-state index contributed by atoms with van der Waals surface area (Å²) in [5.41, 5.74) is 1.51. The monoisotopic (exact) mass is 956 g/mol. The zero-order chi connectivity index (χ0) is 46.0. The van der Waals surface area contributed by atoms with E-state index in [-0.39, 0.29) is 17.5 Å². The van der Waals surface area contributed by atoms with Crippen LogP contribution in [-0.4, -0.2) is 124 Å². The number of aliphatic hydroxyl groups is 1. The maximum atomic E-state index is 9.00. The van der Waals surface area contributed by atoms with E-state index >= 15 is 0 Å². The van der Waals surface area contributed by atoms with Gasteiger partial charge in [0.25, 0.3) is 0 Å². The first-order chi connectivity index (χ1) is 31.5. The van der Waals surface area contributed by atoms with Crippen LogP contribution >= 0.6 is 34.8 Å². The van der Waals surface area contributed by atoms with Crippen molar-refractivity contribution in [2.24, 2.45) is 0 Å². The van der Waals surface area contributed by atoms with Gasteiger partial charge in [-0.25, -0.2) is 0 Å². The number of aromatic nitrogens is 6. The maximum Gasteiger partial charge on any atom is 0.323 e. The Morgan fingerprint density at radius 1 is 0.538 bits per heavy atom. The van der Waals surface area contributed by atoms with Gasteiger partial charge in [0.1, 0.15) is 17.6 Å². The Kier molecular flexibility index (Phi) is 20.3. The number of ether oxygens (including phenoxy) is 3. The topological polar surface area (TPSA) is 180 Å². The zero-order valence-electron chi connectivity index (χ0n) is 38.3. The first kappa shape index (κ1) is 50.2. The van der Waals surface area contributed by atoms with Crippen LogP contribution in [0, 0.1) is 0 Å². The third-order valence-electron chi connectivity index (χ3n) is 12.0. The first-order valence-electron chi connectivity index (χ1n) is 23.2. The minimum absolute atomic E-state index is 0.0220. The van der Waals surface area contributed by atoms with Crippen molar-refractivity contribution in [2.75, 3.05) is 75.8 Å². The van der Waals surface area contributed by atoms with Crippen LogP contribution in [0.1, 0.15) is 103 Å². The molecule has 65 heavy (non-hydrogen) atoms. The van der Waals surface area contributed by atoms with E-state index in [0.717, 1.165) is 88.9 Å². The number of hydrogen-bond acceptors (Lipinski definition) is 16. The molecule has 2 aliphatic heterocycles. The van der Waals surface area contributed by atoms with E-state index < -0.39 is 0 Å². The molecule has 2 aliphatic carbocycles. The molecule has 5 N–H and O–H groups in total. The normalized spacial score (nSPS) is 18.4. The molecule has 0 unspecified atom stereocenters. The molecule has 4 aliphatic rings. The molecule has 0 radical (unpaired) electrons. The maximum absolute atomic E-state index is 9.00. The number of methoxy groups -OCH3 is 2. The predicted molar refractivity (Wildman–Crippen MR) is 261 cm³/mol. The lowest BCUT2D eigenvalue weighted by Crippen LogP contribution is -2.36. The summed E-state index contributed by atoms with van der Waals surface area (Å²) >= 11 is 18.5. The molecule has 4 aromatic rings. The summed E-state index contributed by atoms with van der Waals surface area (Å²) in [6, 6.07) is 11.9. The second-order valence-corrected chi connectivity index (χ2v) is 18.4. The summed E-state index contributed by atoms with van der Waals surface area (Å²) in [6.07, 6.45) is 18.5.